The van der Waals surface area contributed by atoms with Crippen LogP contribution in [0.5, 0.6) is 11.5 Å². The van der Waals surface area contributed by atoms with E-state index in [2.05, 4.69) is 47.8 Å². The van der Waals surface area contributed by atoms with Crippen molar-refractivity contribution in [1.29, 1.82) is 5.41 Å². The van der Waals surface area contributed by atoms with E-state index in [0.29, 0.717) is 30.2 Å². The standard InChI is InChI=1S/C27H28N4O2/c1-19-6-4-5-7-21(9-8-19)17-33-25-11-10-22(12-26(25)32-3)16-31-18-30-24-13-23(20(2)14-28)15-29-27(24)31/h6-15,18,28H,2,4-5,16-17H2,1,3H3/b9-8-,19-6+,21-7+,28-14?. The molecule has 1 N–H and O–H groups in total. The molecule has 0 aliphatic heterocycles. The van der Waals surface area contributed by atoms with Gasteiger partial charge in [0.15, 0.2) is 17.1 Å². The number of ether oxygens (including phenoxy) is 2. The van der Waals surface area contributed by atoms with Gasteiger partial charge in [-0.2, -0.15) is 0 Å². The summed E-state index contributed by atoms with van der Waals surface area (Å²) in [5, 5.41) is 7.37. The number of hydrogen-bond donors (Lipinski definition) is 1. The molecule has 0 fully saturated rings. The third-order valence-electron chi connectivity index (χ3n) is 5.58. The first-order chi connectivity index (χ1) is 16.1. The van der Waals surface area contributed by atoms with Crippen LogP contribution in [-0.2, 0) is 6.54 Å². The van der Waals surface area contributed by atoms with Gasteiger partial charge in [-0.3, -0.25) is 0 Å². The number of imidazole rings is 1. The monoisotopic (exact) mass is 440 g/mol. The number of allylic oxidation sites excluding steroid dienone is 5. The van der Waals surface area contributed by atoms with Crippen LogP contribution in [0.1, 0.15) is 30.9 Å². The van der Waals surface area contributed by atoms with Gasteiger partial charge in [0.25, 0.3) is 0 Å². The number of fused-ring (bicyclic) bond motifs is 1. The van der Waals surface area contributed by atoms with Crippen molar-refractivity contribution in [2.24, 2.45) is 0 Å². The molecule has 1 aliphatic rings. The van der Waals surface area contributed by atoms with Crippen LogP contribution in [0.2, 0.25) is 0 Å². The van der Waals surface area contributed by atoms with Crippen molar-refractivity contribution >= 4 is 23.0 Å². The molecule has 168 valence electrons. The third-order valence-corrected chi connectivity index (χ3v) is 5.58. The minimum absolute atomic E-state index is 0.499. The molecule has 2 aromatic heterocycles. The second-order valence-electron chi connectivity index (χ2n) is 8.02. The molecule has 0 amide bonds. The number of methoxy groups -OCH3 is 1. The fourth-order valence-electron chi connectivity index (χ4n) is 3.67. The van der Waals surface area contributed by atoms with Crippen molar-refractivity contribution in [1.82, 2.24) is 14.5 Å². The van der Waals surface area contributed by atoms with Crippen molar-refractivity contribution in [2.45, 2.75) is 26.3 Å². The maximum absolute atomic E-state index is 7.37. The Kier molecular flexibility index (Phi) is 6.83. The predicted molar refractivity (Wildman–Crippen MR) is 133 cm³/mol. The van der Waals surface area contributed by atoms with Crippen LogP contribution in [0.25, 0.3) is 16.7 Å². The fourth-order valence-corrected chi connectivity index (χ4v) is 3.67. The molecule has 0 unspecified atom stereocenters. The summed E-state index contributed by atoms with van der Waals surface area (Å²) in [6.45, 7) is 7.07. The lowest BCUT2D eigenvalue weighted by atomic mass is 10.1. The van der Waals surface area contributed by atoms with Crippen LogP contribution < -0.4 is 9.47 Å². The highest BCUT2D eigenvalue weighted by molar-refractivity contribution is 6.07. The smallest absolute Gasteiger partial charge is 0.161 e. The Bertz CT molecular complexity index is 1280. The van der Waals surface area contributed by atoms with Crippen molar-refractivity contribution in [3.63, 3.8) is 0 Å². The topological polar surface area (TPSA) is 73.0 Å². The summed E-state index contributed by atoms with van der Waals surface area (Å²) < 4.78 is 13.7. The molecule has 0 saturated carbocycles. The zero-order chi connectivity index (χ0) is 23.2. The van der Waals surface area contributed by atoms with Crippen LogP contribution in [0, 0.1) is 5.41 Å². The van der Waals surface area contributed by atoms with Crippen molar-refractivity contribution in [2.75, 3.05) is 13.7 Å². The second kappa shape index (κ2) is 10.1. The summed E-state index contributed by atoms with van der Waals surface area (Å²) in [6, 6.07) is 7.87. The van der Waals surface area contributed by atoms with E-state index in [1.165, 1.54) is 11.8 Å². The van der Waals surface area contributed by atoms with Gasteiger partial charge in [0.2, 0.25) is 0 Å². The Hall–Kier alpha value is -3.93. The molecule has 33 heavy (non-hydrogen) atoms. The van der Waals surface area contributed by atoms with Gasteiger partial charge in [-0.05, 0) is 54.7 Å². The first-order valence-corrected chi connectivity index (χ1v) is 10.9. The van der Waals surface area contributed by atoms with Crippen LogP contribution in [0.4, 0.5) is 0 Å². The first-order valence-electron chi connectivity index (χ1n) is 10.9. The van der Waals surface area contributed by atoms with E-state index < -0.39 is 0 Å². The quantitative estimate of drug-likeness (QED) is 0.453. The average Bonchev–Trinajstić information content (AvgIpc) is 3.23. The van der Waals surface area contributed by atoms with E-state index in [9.17, 15) is 0 Å². The van der Waals surface area contributed by atoms with Crippen molar-refractivity contribution in [3.05, 3.63) is 89.9 Å². The summed E-state index contributed by atoms with van der Waals surface area (Å²) in [7, 11) is 1.65. The van der Waals surface area contributed by atoms with Gasteiger partial charge in [-0.25, -0.2) is 9.97 Å². The number of hydrogen-bond acceptors (Lipinski definition) is 5. The lowest BCUT2D eigenvalue weighted by Crippen LogP contribution is -2.04. The van der Waals surface area contributed by atoms with Gasteiger partial charge < -0.3 is 19.5 Å². The van der Waals surface area contributed by atoms with E-state index in [-0.39, 0.29) is 0 Å². The normalized spacial score (nSPS) is 17.8. The molecule has 4 rings (SSSR count). The molecule has 0 radical (unpaired) electrons. The number of benzene rings is 1. The molecular weight excluding hydrogens is 412 g/mol. The average molecular weight is 441 g/mol. The number of pyridine rings is 1. The minimum atomic E-state index is 0.499. The van der Waals surface area contributed by atoms with Crippen LogP contribution in [-0.4, -0.2) is 34.5 Å². The SMILES string of the molecule is C=C(C=N)c1cnc2c(c1)ncn2Cc1ccc(OCC2=C/CC/C=C(C)/C=C\2)c(OC)c1. The van der Waals surface area contributed by atoms with E-state index in [1.807, 2.05) is 28.8 Å². The van der Waals surface area contributed by atoms with Crippen LogP contribution >= 0.6 is 0 Å². The summed E-state index contributed by atoms with van der Waals surface area (Å²) >= 11 is 0. The largest absolute Gasteiger partial charge is 0.493 e. The van der Waals surface area contributed by atoms with E-state index in [0.717, 1.165) is 40.7 Å². The number of nitrogens with one attached hydrogen (secondary N) is 1. The van der Waals surface area contributed by atoms with Crippen LogP contribution in [0.15, 0.2) is 78.8 Å². The molecule has 2 heterocycles. The van der Waals surface area contributed by atoms with Crippen LogP contribution in [0.3, 0.4) is 0 Å². The molecular formula is C27H28N4O2. The van der Waals surface area contributed by atoms with E-state index >= 15 is 0 Å². The molecule has 0 atom stereocenters. The van der Waals surface area contributed by atoms with Gasteiger partial charge in [0.1, 0.15) is 12.1 Å². The van der Waals surface area contributed by atoms with Crippen molar-refractivity contribution < 1.29 is 9.47 Å². The highest BCUT2D eigenvalue weighted by Crippen LogP contribution is 2.29. The molecule has 3 aromatic rings. The van der Waals surface area contributed by atoms with E-state index in [4.69, 9.17) is 14.9 Å². The summed E-state index contributed by atoms with van der Waals surface area (Å²) in [4.78, 5) is 9.00. The molecule has 6 nitrogen and oxygen atoms in total. The Balaban J connectivity index is 1.49. The number of rotatable bonds is 8. The zero-order valence-corrected chi connectivity index (χ0v) is 19.0. The van der Waals surface area contributed by atoms with Crippen molar-refractivity contribution in [3.8, 4) is 11.5 Å². The van der Waals surface area contributed by atoms with Gasteiger partial charge in [0.05, 0.1) is 20.0 Å². The van der Waals surface area contributed by atoms with Gasteiger partial charge >= 0.3 is 0 Å². The summed E-state index contributed by atoms with van der Waals surface area (Å²) in [5.74, 6) is 1.41. The second-order valence-corrected chi connectivity index (χ2v) is 8.02. The molecule has 0 spiro atoms. The fraction of sp³-hybridized carbons (Fsp3) is 0.222. The Morgan fingerprint density at radius 2 is 2.00 bits per heavy atom. The maximum Gasteiger partial charge on any atom is 0.161 e. The van der Waals surface area contributed by atoms with Gasteiger partial charge in [0, 0.05) is 18.0 Å². The molecule has 0 bridgehead atoms. The first kappa shape index (κ1) is 22.3. The molecule has 1 aliphatic carbocycles. The number of aromatic nitrogens is 3. The maximum atomic E-state index is 7.37. The summed E-state index contributed by atoms with van der Waals surface area (Å²) in [6.07, 6.45) is 15.5. The summed E-state index contributed by atoms with van der Waals surface area (Å²) in [5.41, 5.74) is 6.45. The highest BCUT2D eigenvalue weighted by atomic mass is 16.5. The third kappa shape index (κ3) is 5.29. The lowest BCUT2D eigenvalue weighted by Gasteiger charge is -2.14. The zero-order valence-electron chi connectivity index (χ0n) is 19.0. The molecule has 6 heteroatoms. The lowest BCUT2D eigenvalue weighted by molar-refractivity contribution is 0.321. The van der Waals surface area contributed by atoms with Gasteiger partial charge in [-0.15, -0.1) is 0 Å². The predicted octanol–water partition coefficient (Wildman–Crippen LogP) is 5.75. The van der Waals surface area contributed by atoms with E-state index in [1.54, 1.807) is 19.6 Å². The Morgan fingerprint density at radius 1 is 1.15 bits per heavy atom. The highest BCUT2D eigenvalue weighted by Gasteiger charge is 2.10. The Morgan fingerprint density at radius 3 is 2.82 bits per heavy atom. The number of nitrogens with zero attached hydrogens (tertiary/aromatic N) is 3. The molecule has 0 saturated heterocycles. The minimum Gasteiger partial charge on any atom is -0.493 e. The molecule has 1 aromatic carbocycles. The Labute approximate surface area is 194 Å². The van der Waals surface area contributed by atoms with Gasteiger partial charge in [-0.1, -0.05) is 42.5 Å².